The van der Waals surface area contributed by atoms with Crippen LogP contribution in [0.15, 0.2) is 54.6 Å². The molecule has 4 aromatic rings. The van der Waals surface area contributed by atoms with Gasteiger partial charge in [-0.15, -0.1) is 0 Å². The number of ether oxygens (including phenoxy) is 2. The minimum absolute atomic E-state index is 0.0316. The second-order valence-electron chi connectivity index (χ2n) is 10.7. The number of unbranched alkanes of at least 4 members (excludes halogenated alkanes) is 1. The number of carbonyl (C=O) groups is 1. The number of rotatable bonds is 9. The SMILES string of the molecule is CCCCC1Cc2ccc(C(=O)Oc3cc(F)c(-c4cc(F)c(C(F)(F)Oc5cc(F)c(F)c(F)c5)c(F)c4)c(F)c3)cc2C1. The molecule has 45 heavy (non-hydrogen) atoms. The standard InChI is InChI=1S/C33H23F9O3/c1-2-3-4-16-7-17-5-6-18(9-19(17)8-16)32(43)44-21-12-23(34)29(24(35)13-21)20-10-25(36)30(26(37)11-20)33(41,42)45-22-14-27(38)31(40)28(39)15-22/h5-6,9-16H,2-4,7-8H2,1H3. The lowest BCUT2D eigenvalue weighted by atomic mass is 9.99. The Morgan fingerprint density at radius 1 is 0.756 bits per heavy atom. The highest BCUT2D eigenvalue weighted by Gasteiger charge is 2.42. The second kappa shape index (κ2) is 12.5. The molecule has 0 saturated heterocycles. The van der Waals surface area contributed by atoms with Crippen LogP contribution in [0.3, 0.4) is 0 Å². The lowest BCUT2D eigenvalue weighted by Crippen LogP contribution is -2.25. The minimum atomic E-state index is -4.90. The summed E-state index contributed by atoms with van der Waals surface area (Å²) in [6, 6.07) is 6.63. The number of carbonyl (C=O) groups excluding carboxylic acids is 1. The normalized spacial score (nSPS) is 14.4. The zero-order chi connectivity index (χ0) is 32.6. The van der Waals surface area contributed by atoms with E-state index >= 15 is 8.78 Å². The summed E-state index contributed by atoms with van der Waals surface area (Å²) in [6.45, 7) is 2.10. The Morgan fingerprint density at radius 3 is 1.93 bits per heavy atom. The van der Waals surface area contributed by atoms with Crippen molar-refractivity contribution in [1.82, 2.24) is 0 Å². The maximum atomic E-state index is 15.0. The predicted octanol–water partition coefficient (Wildman–Crippen LogP) is 9.58. The zero-order valence-corrected chi connectivity index (χ0v) is 23.4. The third-order valence-electron chi connectivity index (χ3n) is 7.48. The van der Waals surface area contributed by atoms with E-state index in [0.717, 1.165) is 43.2 Å². The highest BCUT2D eigenvalue weighted by molar-refractivity contribution is 5.91. The largest absolute Gasteiger partial charge is 0.432 e. The number of hydrogen-bond acceptors (Lipinski definition) is 3. The molecule has 1 atom stereocenters. The summed E-state index contributed by atoms with van der Waals surface area (Å²) >= 11 is 0. The maximum absolute atomic E-state index is 15.0. The van der Waals surface area contributed by atoms with Crippen LogP contribution in [-0.4, -0.2) is 5.97 Å². The van der Waals surface area contributed by atoms with Gasteiger partial charge in [-0.2, -0.15) is 8.78 Å². The van der Waals surface area contributed by atoms with Gasteiger partial charge in [0.1, 0.15) is 40.3 Å². The molecule has 5 rings (SSSR count). The molecule has 0 bridgehead atoms. The summed E-state index contributed by atoms with van der Waals surface area (Å²) in [5.41, 5.74) is -1.66. The van der Waals surface area contributed by atoms with Crippen molar-refractivity contribution in [3.8, 4) is 22.6 Å². The zero-order valence-electron chi connectivity index (χ0n) is 23.4. The van der Waals surface area contributed by atoms with Crippen molar-refractivity contribution in [3.05, 3.63) is 118 Å². The van der Waals surface area contributed by atoms with Crippen molar-refractivity contribution in [2.24, 2.45) is 5.92 Å². The van der Waals surface area contributed by atoms with E-state index in [0.29, 0.717) is 18.1 Å². The fourth-order valence-electron chi connectivity index (χ4n) is 5.37. The summed E-state index contributed by atoms with van der Waals surface area (Å²) in [4.78, 5) is 12.7. The van der Waals surface area contributed by atoms with E-state index in [-0.39, 0.29) is 29.8 Å². The summed E-state index contributed by atoms with van der Waals surface area (Å²) in [6.07, 6.45) is 0.00775. The molecule has 1 aliphatic rings. The van der Waals surface area contributed by atoms with Gasteiger partial charge in [0, 0.05) is 24.3 Å². The smallest absolute Gasteiger partial charge is 0.429 e. The molecule has 3 nitrogen and oxygen atoms in total. The molecule has 0 spiro atoms. The van der Waals surface area contributed by atoms with Crippen LogP contribution in [0.25, 0.3) is 11.1 Å². The monoisotopic (exact) mass is 638 g/mol. The summed E-state index contributed by atoms with van der Waals surface area (Å²) < 4.78 is 138. The summed E-state index contributed by atoms with van der Waals surface area (Å²) in [5.74, 6) is -15.0. The van der Waals surface area contributed by atoms with E-state index in [2.05, 4.69) is 11.7 Å². The second-order valence-corrected chi connectivity index (χ2v) is 10.7. The van der Waals surface area contributed by atoms with Crippen LogP contribution in [0.1, 0.15) is 53.2 Å². The van der Waals surface area contributed by atoms with Crippen LogP contribution < -0.4 is 9.47 Å². The first-order valence-electron chi connectivity index (χ1n) is 13.8. The number of alkyl halides is 2. The number of fused-ring (bicyclic) bond motifs is 1. The van der Waals surface area contributed by atoms with Gasteiger partial charge in [0.05, 0.1) is 11.1 Å². The van der Waals surface area contributed by atoms with Gasteiger partial charge in [-0.1, -0.05) is 25.8 Å². The molecule has 4 aromatic carbocycles. The number of esters is 1. The van der Waals surface area contributed by atoms with Crippen molar-refractivity contribution in [2.45, 2.75) is 45.1 Å². The van der Waals surface area contributed by atoms with Gasteiger partial charge < -0.3 is 9.47 Å². The molecule has 0 fully saturated rings. The Kier molecular flexibility index (Phi) is 8.86. The molecule has 1 unspecified atom stereocenters. The molecule has 0 saturated carbocycles. The van der Waals surface area contributed by atoms with Crippen LogP contribution in [0, 0.1) is 46.6 Å². The molecule has 0 aromatic heterocycles. The Balaban J connectivity index is 1.35. The maximum Gasteiger partial charge on any atom is 0.432 e. The Hall–Kier alpha value is -4.48. The Bertz CT molecular complexity index is 1720. The van der Waals surface area contributed by atoms with Crippen LogP contribution in [-0.2, 0) is 19.0 Å². The summed E-state index contributed by atoms with van der Waals surface area (Å²) in [7, 11) is 0. The van der Waals surface area contributed by atoms with Gasteiger partial charge >= 0.3 is 12.1 Å². The van der Waals surface area contributed by atoms with E-state index in [1.807, 2.05) is 0 Å². The first kappa shape index (κ1) is 31.9. The fourth-order valence-corrected chi connectivity index (χ4v) is 5.37. The molecule has 0 amide bonds. The van der Waals surface area contributed by atoms with Crippen LogP contribution in [0.5, 0.6) is 11.5 Å². The van der Waals surface area contributed by atoms with E-state index in [9.17, 15) is 35.5 Å². The van der Waals surface area contributed by atoms with E-state index in [1.165, 1.54) is 0 Å². The van der Waals surface area contributed by atoms with Gasteiger partial charge in [0.25, 0.3) is 0 Å². The van der Waals surface area contributed by atoms with Crippen molar-refractivity contribution >= 4 is 5.97 Å². The first-order valence-corrected chi connectivity index (χ1v) is 13.8. The van der Waals surface area contributed by atoms with Crippen molar-refractivity contribution in [2.75, 3.05) is 0 Å². The summed E-state index contributed by atoms with van der Waals surface area (Å²) in [5, 5.41) is 0. The fraction of sp³-hybridized carbons (Fsp3) is 0.242. The molecule has 0 N–H and O–H groups in total. The molecular weight excluding hydrogens is 615 g/mol. The number of benzene rings is 4. The third kappa shape index (κ3) is 6.64. The van der Waals surface area contributed by atoms with Crippen molar-refractivity contribution < 1.29 is 53.8 Å². The Morgan fingerprint density at radius 2 is 1.33 bits per heavy atom. The topological polar surface area (TPSA) is 35.5 Å². The Labute approximate surface area is 251 Å². The predicted molar refractivity (Wildman–Crippen MR) is 144 cm³/mol. The lowest BCUT2D eigenvalue weighted by molar-refractivity contribution is -0.189. The minimum Gasteiger partial charge on any atom is -0.429 e. The molecule has 12 heteroatoms. The average molecular weight is 639 g/mol. The van der Waals surface area contributed by atoms with Crippen molar-refractivity contribution in [3.63, 3.8) is 0 Å². The number of halogens is 9. The first-order chi connectivity index (χ1) is 21.3. The number of hydrogen-bond donors (Lipinski definition) is 0. The average Bonchev–Trinajstić information content (AvgIpc) is 3.36. The highest BCUT2D eigenvalue weighted by Crippen LogP contribution is 2.39. The van der Waals surface area contributed by atoms with Gasteiger partial charge in [-0.3, -0.25) is 0 Å². The molecule has 1 aliphatic carbocycles. The van der Waals surface area contributed by atoms with Gasteiger partial charge in [0.15, 0.2) is 17.5 Å². The van der Waals surface area contributed by atoms with Gasteiger partial charge in [-0.05, 0) is 66.1 Å². The molecular formula is C33H23F9O3. The lowest BCUT2D eigenvalue weighted by Gasteiger charge is -2.20. The van der Waals surface area contributed by atoms with E-state index in [1.54, 1.807) is 18.2 Å². The molecule has 236 valence electrons. The molecule has 0 heterocycles. The van der Waals surface area contributed by atoms with E-state index in [4.69, 9.17) is 4.74 Å². The van der Waals surface area contributed by atoms with Crippen LogP contribution in [0.4, 0.5) is 39.5 Å². The molecule has 0 radical (unpaired) electrons. The highest BCUT2D eigenvalue weighted by atomic mass is 19.3. The van der Waals surface area contributed by atoms with Crippen molar-refractivity contribution in [1.29, 1.82) is 0 Å². The van der Waals surface area contributed by atoms with Crippen LogP contribution >= 0.6 is 0 Å². The van der Waals surface area contributed by atoms with Gasteiger partial charge in [-0.25, -0.2) is 35.5 Å². The van der Waals surface area contributed by atoms with Gasteiger partial charge in [0.2, 0.25) is 0 Å². The third-order valence-corrected chi connectivity index (χ3v) is 7.48. The molecule has 0 aliphatic heterocycles. The quantitative estimate of drug-likeness (QED) is 0.0793. The van der Waals surface area contributed by atoms with E-state index < -0.39 is 81.0 Å². The van der Waals surface area contributed by atoms with Crippen LogP contribution in [0.2, 0.25) is 0 Å².